The number of unbranched alkanes of at least 4 members (excludes halogenated alkanes) is 6. The van der Waals surface area contributed by atoms with Crippen molar-refractivity contribution in [2.75, 3.05) is 26.4 Å². The minimum atomic E-state index is -1.08. The van der Waals surface area contributed by atoms with Gasteiger partial charge >= 0.3 is 0 Å². The van der Waals surface area contributed by atoms with Gasteiger partial charge in [0, 0.05) is 33.4 Å². The molecule has 0 heterocycles. The first-order valence-corrected chi connectivity index (χ1v) is 9.51. The van der Waals surface area contributed by atoms with Gasteiger partial charge in [-0.3, -0.25) is 0 Å². The molecule has 4 heteroatoms. The second-order valence-corrected chi connectivity index (χ2v) is 5.87. The van der Waals surface area contributed by atoms with Crippen molar-refractivity contribution in [3.63, 3.8) is 0 Å². The Balaban J connectivity index is 4.43. The van der Waals surface area contributed by atoms with E-state index in [1.54, 1.807) is 0 Å². The van der Waals surface area contributed by atoms with Crippen molar-refractivity contribution in [1.82, 2.24) is 0 Å². The maximum absolute atomic E-state index is 5.93. The van der Waals surface area contributed by atoms with Gasteiger partial charge in [0.2, 0.25) is 12.1 Å². The highest BCUT2D eigenvalue weighted by Crippen LogP contribution is 2.22. The van der Waals surface area contributed by atoms with Gasteiger partial charge in [0.1, 0.15) is 0 Å². The molecule has 0 aliphatic rings. The third-order valence-electron chi connectivity index (χ3n) is 3.67. The van der Waals surface area contributed by atoms with Gasteiger partial charge in [0.05, 0.1) is 0 Å². The SMILES string of the molecule is [CH2]C(OCC)(OCC)C(OCCCCCC)OCCCCCC. The summed E-state index contributed by atoms with van der Waals surface area (Å²) >= 11 is 0. The van der Waals surface area contributed by atoms with E-state index < -0.39 is 12.1 Å². The third kappa shape index (κ3) is 11.1. The van der Waals surface area contributed by atoms with Gasteiger partial charge in [-0.05, 0) is 26.7 Å². The first-order valence-electron chi connectivity index (χ1n) is 9.51. The number of hydrogen-bond donors (Lipinski definition) is 0. The second-order valence-electron chi connectivity index (χ2n) is 5.87. The van der Waals surface area contributed by atoms with Crippen LogP contribution in [0.15, 0.2) is 0 Å². The van der Waals surface area contributed by atoms with E-state index in [1.165, 1.54) is 38.5 Å². The lowest BCUT2D eigenvalue weighted by Gasteiger charge is -2.36. The standard InChI is InChI=1S/C19H39O4/c1-6-10-12-14-16-20-18(21-17-15-13-11-7-2)19(5,22-8-3)23-9-4/h18H,5-17H2,1-4H3. The Morgan fingerprint density at radius 1 is 0.696 bits per heavy atom. The lowest BCUT2D eigenvalue weighted by molar-refractivity contribution is -0.330. The van der Waals surface area contributed by atoms with Crippen LogP contribution in [-0.4, -0.2) is 38.5 Å². The molecule has 0 fully saturated rings. The molecule has 0 N–H and O–H groups in total. The number of ether oxygens (including phenoxy) is 4. The molecule has 23 heavy (non-hydrogen) atoms. The Kier molecular flexibility index (Phi) is 15.3. The lowest BCUT2D eigenvalue weighted by atomic mass is 10.2. The summed E-state index contributed by atoms with van der Waals surface area (Å²) in [7, 11) is 0. The van der Waals surface area contributed by atoms with Crippen molar-refractivity contribution in [3.8, 4) is 0 Å². The predicted octanol–water partition coefficient (Wildman–Crippen LogP) is 5.11. The van der Waals surface area contributed by atoms with Crippen LogP contribution in [0, 0.1) is 6.92 Å². The smallest absolute Gasteiger partial charge is 0.220 e. The fourth-order valence-corrected chi connectivity index (χ4v) is 2.41. The van der Waals surface area contributed by atoms with Crippen molar-refractivity contribution >= 4 is 0 Å². The molecule has 0 aromatic heterocycles. The average Bonchev–Trinajstić information content (AvgIpc) is 2.53. The van der Waals surface area contributed by atoms with Crippen molar-refractivity contribution in [3.05, 3.63) is 6.92 Å². The highest BCUT2D eigenvalue weighted by Gasteiger charge is 2.38. The molecule has 0 aliphatic heterocycles. The first-order chi connectivity index (χ1) is 11.1. The zero-order chi connectivity index (χ0) is 17.4. The van der Waals surface area contributed by atoms with Crippen molar-refractivity contribution < 1.29 is 18.9 Å². The molecular formula is C19H39O4. The van der Waals surface area contributed by atoms with E-state index in [1.807, 2.05) is 13.8 Å². The van der Waals surface area contributed by atoms with Gasteiger partial charge in [-0.1, -0.05) is 52.4 Å². The van der Waals surface area contributed by atoms with Crippen LogP contribution in [0.3, 0.4) is 0 Å². The van der Waals surface area contributed by atoms with Crippen LogP contribution in [0.4, 0.5) is 0 Å². The summed E-state index contributed by atoms with van der Waals surface area (Å²) in [5.41, 5.74) is 0. The summed E-state index contributed by atoms with van der Waals surface area (Å²) in [6.07, 6.45) is 8.72. The topological polar surface area (TPSA) is 36.9 Å². The van der Waals surface area contributed by atoms with Gasteiger partial charge in [-0.2, -0.15) is 0 Å². The van der Waals surface area contributed by atoms with Crippen LogP contribution in [0.1, 0.15) is 79.1 Å². The highest BCUT2D eigenvalue weighted by atomic mass is 16.8. The van der Waals surface area contributed by atoms with Crippen molar-refractivity contribution in [2.24, 2.45) is 0 Å². The molecule has 0 amide bonds. The summed E-state index contributed by atoms with van der Waals surface area (Å²) in [4.78, 5) is 0. The minimum absolute atomic E-state index is 0.512. The maximum atomic E-state index is 5.93. The van der Waals surface area contributed by atoms with Gasteiger partial charge < -0.3 is 18.9 Å². The molecular weight excluding hydrogens is 292 g/mol. The van der Waals surface area contributed by atoms with Crippen LogP contribution in [0.5, 0.6) is 0 Å². The van der Waals surface area contributed by atoms with E-state index in [4.69, 9.17) is 18.9 Å². The lowest BCUT2D eigenvalue weighted by Crippen LogP contribution is -2.48. The molecule has 0 aromatic carbocycles. The normalized spacial score (nSPS) is 12.3. The molecule has 0 unspecified atom stereocenters. The van der Waals surface area contributed by atoms with E-state index in [-0.39, 0.29) is 0 Å². The van der Waals surface area contributed by atoms with Gasteiger partial charge in [0.15, 0.2) is 0 Å². The van der Waals surface area contributed by atoms with Crippen LogP contribution >= 0.6 is 0 Å². The Bertz CT molecular complexity index is 226. The third-order valence-corrected chi connectivity index (χ3v) is 3.67. The van der Waals surface area contributed by atoms with Crippen LogP contribution in [0.25, 0.3) is 0 Å². The molecule has 0 spiro atoms. The molecule has 139 valence electrons. The second kappa shape index (κ2) is 15.4. The summed E-state index contributed by atoms with van der Waals surface area (Å²) in [6, 6.07) is 0. The molecule has 0 aromatic rings. The highest BCUT2D eigenvalue weighted by molar-refractivity contribution is 4.78. The summed E-state index contributed by atoms with van der Waals surface area (Å²) in [5, 5.41) is 0. The van der Waals surface area contributed by atoms with E-state index in [2.05, 4.69) is 20.8 Å². The fraction of sp³-hybridized carbons (Fsp3) is 0.947. The van der Waals surface area contributed by atoms with E-state index in [0.717, 1.165) is 12.8 Å². The van der Waals surface area contributed by atoms with Crippen LogP contribution < -0.4 is 0 Å². The van der Waals surface area contributed by atoms with E-state index in [9.17, 15) is 0 Å². The molecule has 0 bridgehead atoms. The molecule has 0 saturated heterocycles. The van der Waals surface area contributed by atoms with Gasteiger partial charge in [-0.15, -0.1) is 0 Å². The van der Waals surface area contributed by atoms with E-state index >= 15 is 0 Å². The molecule has 4 nitrogen and oxygen atoms in total. The quantitative estimate of drug-likeness (QED) is 0.274. The fourth-order valence-electron chi connectivity index (χ4n) is 2.41. The molecule has 0 rings (SSSR count). The van der Waals surface area contributed by atoms with E-state index in [0.29, 0.717) is 26.4 Å². The Morgan fingerprint density at radius 2 is 1.13 bits per heavy atom. The van der Waals surface area contributed by atoms with Gasteiger partial charge in [-0.25, -0.2) is 0 Å². The maximum Gasteiger partial charge on any atom is 0.220 e. The number of hydrogen-bond acceptors (Lipinski definition) is 4. The zero-order valence-electron chi connectivity index (χ0n) is 15.9. The van der Waals surface area contributed by atoms with Crippen molar-refractivity contribution in [2.45, 2.75) is 91.1 Å². The molecule has 0 saturated carbocycles. The molecule has 1 radical (unpaired) electrons. The number of rotatable bonds is 17. The monoisotopic (exact) mass is 331 g/mol. The van der Waals surface area contributed by atoms with Crippen LogP contribution in [-0.2, 0) is 18.9 Å². The summed E-state index contributed by atoms with van der Waals surface area (Å²) in [6.45, 7) is 14.7. The van der Waals surface area contributed by atoms with Crippen molar-refractivity contribution in [1.29, 1.82) is 0 Å². The van der Waals surface area contributed by atoms with Gasteiger partial charge in [0.25, 0.3) is 0 Å². The minimum Gasteiger partial charge on any atom is -0.348 e. The van der Waals surface area contributed by atoms with Crippen LogP contribution in [0.2, 0.25) is 0 Å². The Morgan fingerprint density at radius 3 is 1.48 bits per heavy atom. The Labute approximate surface area is 144 Å². The Hall–Kier alpha value is -0.160. The summed E-state index contributed by atoms with van der Waals surface area (Å²) in [5.74, 6) is -1.08. The average molecular weight is 332 g/mol. The molecule has 0 aliphatic carbocycles. The predicted molar refractivity (Wildman–Crippen MR) is 95.3 cm³/mol. The molecule has 0 atom stereocenters. The largest absolute Gasteiger partial charge is 0.348 e. The first kappa shape index (κ1) is 22.8. The zero-order valence-corrected chi connectivity index (χ0v) is 15.9. The summed E-state index contributed by atoms with van der Waals surface area (Å²) < 4.78 is 23.3.